The summed E-state index contributed by atoms with van der Waals surface area (Å²) in [6.45, 7) is 6.77. The maximum atomic E-state index is 12.9. The van der Waals surface area contributed by atoms with E-state index in [1.54, 1.807) is 24.3 Å². The minimum absolute atomic E-state index is 0.295. The van der Waals surface area contributed by atoms with Crippen LogP contribution >= 0.6 is 0 Å². The van der Waals surface area contributed by atoms with Crippen LogP contribution in [-0.2, 0) is 9.59 Å². The molecule has 0 bridgehead atoms. The van der Waals surface area contributed by atoms with E-state index in [4.69, 9.17) is 18.9 Å². The largest absolute Gasteiger partial charge is 0.423 e. The van der Waals surface area contributed by atoms with Crippen LogP contribution in [0.15, 0.2) is 195 Å². The van der Waals surface area contributed by atoms with Gasteiger partial charge in [0.05, 0.1) is 11.1 Å². The molecule has 0 heterocycles. The van der Waals surface area contributed by atoms with E-state index < -0.39 is 23.9 Å². The van der Waals surface area contributed by atoms with Gasteiger partial charge in [-0.05, 0) is 128 Å². The third-order valence-electron chi connectivity index (χ3n) is 10.2. The Labute approximate surface area is 369 Å². The molecule has 0 radical (unpaired) electrons. The van der Waals surface area contributed by atoms with Gasteiger partial charge in [-0.3, -0.25) is 0 Å². The van der Waals surface area contributed by atoms with Gasteiger partial charge in [-0.1, -0.05) is 135 Å². The smallest absolute Gasteiger partial charge is 0.343 e. The van der Waals surface area contributed by atoms with Gasteiger partial charge in [0.1, 0.15) is 23.0 Å². The van der Waals surface area contributed by atoms with Gasteiger partial charge in [0, 0.05) is 12.2 Å². The lowest BCUT2D eigenvalue weighted by Crippen LogP contribution is -2.09. The minimum atomic E-state index is -0.588. The molecular weight excluding hydrogens is 801 g/mol. The zero-order valence-corrected chi connectivity index (χ0v) is 34.3. The molecule has 8 rings (SSSR count). The summed E-state index contributed by atoms with van der Waals surface area (Å²) < 4.78 is 21.4. The summed E-state index contributed by atoms with van der Waals surface area (Å²) >= 11 is 0. The Bertz CT molecular complexity index is 2910. The normalized spacial score (nSPS) is 11.1. The zero-order chi connectivity index (χ0) is 44.4. The molecule has 0 aliphatic rings. The van der Waals surface area contributed by atoms with E-state index in [2.05, 4.69) is 86.0 Å². The van der Waals surface area contributed by atoms with E-state index in [-0.39, 0.29) is 0 Å². The molecule has 310 valence electrons. The maximum Gasteiger partial charge on any atom is 0.343 e. The molecule has 0 aliphatic carbocycles. The summed E-state index contributed by atoms with van der Waals surface area (Å²) in [7, 11) is 0. The van der Waals surface area contributed by atoms with Gasteiger partial charge in [0.25, 0.3) is 0 Å². The molecule has 0 N–H and O–H groups in total. The second kappa shape index (κ2) is 19.2. The maximum absolute atomic E-state index is 12.9. The number of hydrogen-bond donors (Lipinski definition) is 0. The molecule has 0 atom stereocenters. The average molecular weight is 839 g/mol. The molecule has 0 amide bonds. The van der Waals surface area contributed by atoms with Crippen molar-refractivity contribution in [1.82, 2.24) is 0 Å². The van der Waals surface area contributed by atoms with Crippen LogP contribution < -0.4 is 18.9 Å². The molecule has 64 heavy (non-hydrogen) atoms. The van der Waals surface area contributed by atoms with Crippen molar-refractivity contribution in [2.75, 3.05) is 0 Å². The number of fused-ring (bicyclic) bond motifs is 2. The highest BCUT2D eigenvalue weighted by molar-refractivity contribution is 6.11. The van der Waals surface area contributed by atoms with Crippen molar-refractivity contribution in [3.63, 3.8) is 0 Å². The number of carbonyl (C=O) groups is 4. The molecular formula is C56H38O8. The Morgan fingerprint density at radius 3 is 1.08 bits per heavy atom. The van der Waals surface area contributed by atoms with Crippen LogP contribution in [0.25, 0.3) is 57.0 Å². The molecule has 0 fully saturated rings. The van der Waals surface area contributed by atoms with Crippen LogP contribution in [0, 0.1) is 0 Å². The number of hydrogen-bond acceptors (Lipinski definition) is 8. The van der Waals surface area contributed by atoms with Crippen molar-refractivity contribution in [3.8, 4) is 34.1 Å². The SMILES string of the molecule is C=CC(=O)Oc1ccc(C(=O)Oc2ccc(/C=C\c3ccc4ccccc4c3-c3c(/C=C\c4ccc(OC(=O)c5ccc(OC(=O)C=C)cc5)cc4)ccc4ccccc34)cc2)cc1. The molecule has 8 aromatic carbocycles. The monoisotopic (exact) mass is 838 g/mol. The van der Waals surface area contributed by atoms with E-state index in [1.165, 1.54) is 48.5 Å². The lowest BCUT2D eigenvalue weighted by Gasteiger charge is -2.17. The second-order valence-corrected chi connectivity index (χ2v) is 14.4. The van der Waals surface area contributed by atoms with Crippen molar-refractivity contribution in [2.24, 2.45) is 0 Å². The minimum Gasteiger partial charge on any atom is -0.423 e. The van der Waals surface area contributed by atoms with Gasteiger partial charge >= 0.3 is 23.9 Å². The number of ether oxygens (including phenoxy) is 4. The van der Waals surface area contributed by atoms with Crippen molar-refractivity contribution < 1.29 is 38.1 Å². The Kier molecular flexibility index (Phi) is 12.6. The molecule has 0 unspecified atom stereocenters. The van der Waals surface area contributed by atoms with E-state index in [0.29, 0.717) is 34.1 Å². The summed E-state index contributed by atoms with van der Waals surface area (Å²) in [4.78, 5) is 48.7. The standard InChI is InChI=1S/C56H38O8/c1-3-51(57)61-45-33-25-43(26-34-45)55(59)63-47-29-15-37(16-30-47)13-19-41-23-21-39-9-5-7-11-49(39)53(41)54-42(24-22-40-10-6-8-12-50(40)54)20-14-38-17-31-48(32-18-38)64-56(60)44-27-35-46(36-28-44)62-52(58)4-2/h3-36H,1-2H2/b19-13-,20-14-. The Hall–Kier alpha value is -8.88. The summed E-state index contributed by atoms with van der Waals surface area (Å²) in [5, 5.41) is 4.41. The van der Waals surface area contributed by atoms with E-state index in [9.17, 15) is 19.2 Å². The molecule has 8 aromatic rings. The third-order valence-corrected chi connectivity index (χ3v) is 10.2. The van der Waals surface area contributed by atoms with E-state index in [1.807, 2.05) is 48.6 Å². The van der Waals surface area contributed by atoms with Crippen LogP contribution in [0.5, 0.6) is 23.0 Å². The number of benzene rings is 8. The quantitative estimate of drug-likeness (QED) is 0.0489. The van der Waals surface area contributed by atoms with Crippen molar-refractivity contribution in [3.05, 3.63) is 229 Å². The summed E-state index contributed by atoms with van der Waals surface area (Å²) in [5.41, 5.74) is 6.62. The second-order valence-electron chi connectivity index (χ2n) is 14.4. The molecule has 8 heteroatoms. The van der Waals surface area contributed by atoms with Crippen LogP contribution in [0.3, 0.4) is 0 Å². The third kappa shape index (κ3) is 9.84. The summed E-state index contributed by atoms with van der Waals surface area (Å²) in [6, 6.07) is 51.9. The zero-order valence-electron chi connectivity index (χ0n) is 34.3. The molecule has 0 aromatic heterocycles. The van der Waals surface area contributed by atoms with Gasteiger partial charge in [-0.2, -0.15) is 0 Å². The number of esters is 4. The highest BCUT2D eigenvalue weighted by Crippen LogP contribution is 2.41. The Morgan fingerprint density at radius 2 is 0.703 bits per heavy atom. The van der Waals surface area contributed by atoms with Crippen molar-refractivity contribution in [2.45, 2.75) is 0 Å². The van der Waals surface area contributed by atoms with Crippen LogP contribution in [0.1, 0.15) is 43.0 Å². The average Bonchev–Trinajstić information content (AvgIpc) is 3.33. The molecule has 0 spiro atoms. The lowest BCUT2D eigenvalue weighted by molar-refractivity contribution is -0.129. The molecule has 0 saturated heterocycles. The fraction of sp³-hybridized carbons (Fsp3) is 0. The van der Waals surface area contributed by atoms with Gasteiger partial charge in [-0.15, -0.1) is 0 Å². The highest BCUT2D eigenvalue weighted by Gasteiger charge is 2.16. The van der Waals surface area contributed by atoms with Crippen molar-refractivity contribution in [1.29, 1.82) is 0 Å². The topological polar surface area (TPSA) is 105 Å². The predicted molar refractivity (Wildman–Crippen MR) is 252 cm³/mol. The Balaban J connectivity index is 1.04. The first-order valence-corrected chi connectivity index (χ1v) is 20.2. The lowest BCUT2D eigenvalue weighted by atomic mass is 9.86. The van der Waals surface area contributed by atoms with Gasteiger partial charge in [-0.25, -0.2) is 19.2 Å². The fourth-order valence-electron chi connectivity index (χ4n) is 7.04. The van der Waals surface area contributed by atoms with E-state index in [0.717, 1.165) is 67.1 Å². The van der Waals surface area contributed by atoms with Crippen LogP contribution in [-0.4, -0.2) is 23.9 Å². The first kappa shape index (κ1) is 41.8. The number of carbonyl (C=O) groups excluding carboxylic acids is 4. The Morgan fingerprint density at radius 1 is 0.359 bits per heavy atom. The summed E-state index contributed by atoms with van der Waals surface area (Å²) in [6.07, 6.45) is 10.4. The van der Waals surface area contributed by atoms with Gasteiger partial charge in [0.2, 0.25) is 0 Å². The first-order chi connectivity index (χ1) is 31.2. The molecule has 0 aliphatic heterocycles. The van der Waals surface area contributed by atoms with E-state index >= 15 is 0 Å². The van der Waals surface area contributed by atoms with Crippen molar-refractivity contribution >= 4 is 69.7 Å². The van der Waals surface area contributed by atoms with Gasteiger partial charge in [0.15, 0.2) is 0 Å². The molecule has 8 nitrogen and oxygen atoms in total. The van der Waals surface area contributed by atoms with Crippen LogP contribution in [0.4, 0.5) is 0 Å². The van der Waals surface area contributed by atoms with Crippen LogP contribution in [0.2, 0.25) is 0 Å². The summed E-state index contributed by atoms with van der Waals surface area (Å²) in [5.74, 6) is -0.903. The van der Waals surface area contributed by atoms with Gasteiger partial charge < -0.3 is 18.9 Å². The molecule has 0 saturated carbocycles. The predicted octanol–water partition coefficient (Wildman–Crippen LogP) is 12.6. The fourth-order valence-corrected chi connectivity index (χ4v) is 7.04. The first-order valence-electron chi connectivity index (χ1n) is 20.2. The number of rotatable bonds is 13. The highest BCUT2D eigenvalue weighted by atomic mass is 16.5.